The fourth-order valence-corrected chi connectivity index (χ4v) is 4.97. The second-order valence-corrected chi connectivity index (χ2v) is 9.11. The van der Waals surface area contributed by atoms with Crippen molar-refractivity contribution in [2.75, 3.05) is 11.1 Å². The molecule has 33 heavy (non-hydrogen) atoms. The molecular weight excluding hydrogens is 459 g/mol. The number of benzene rings is 2. The molecule has 0 fully saturated rings. The van der Waals surface area contributed by atoms with Gasteiger partial charge >= 0.3 is 0 Å². The summed E-state index contributed by atoms with van der Waals surface area (Å²) in [7, 11) is 0. The van der Waals surface area contributed by atoms with Gasteiger partial charge in [-0.3, -0.25) is 14.3 Å². The third kappa shape index (κ3) is 4.48. The van der Waals surface area contributed by atoms with Crippen molar-refractivity contribution in [1.29, 1.82) is 0 Å². The Morgan fingerprint density at radius 3 is 2.85 bits per heavy atom. The highest BCUT2D eigenvalue weighted by atomic mass is 32.2. The lowest BCUT2D eigenvalue weighted by atomic mass is 10.2. The van der Waals surface area contributed by atoms with Crippen molar-refractivity contribution >= 4 is 44.4 Å². The van der Waals surface area contributed by atoms with Gasteiger partial charge in [0, 0.05) is 18.0 Å². The van der Waals surface area contributed by atoms with Crippen LogP contribution in [0.3, 0.4) is 0 Å². The standard InChI is InChI=1S/C23H17FN6OS2/c1-14-5-2-3-7-18(14)30-21(15-6-4-10-25-12-15)28-29-23(30)32-13-20(31)27-22-26-17-9-8-16(24)11-19(17)33-22/h2-12H,13H2,1H3,(H,26,27,31). The lowest BCUT2D eigenvalue weighted by molar-refractivity contribution is -0.113. The summed E-state index contributed by atoms with van der Waals surface area (Å²) in [5.41, 5.74) is 3.45. The lowest BCUT2D eigenvalue weighted by Crippen LogP contribution is -2.14. The Balaban J connectivity index is 1.39. The summed E-state index contributed by atoms with van der Waals surface area (Å²) in [6, 6.07) is 16.0. The highest BCUT2D eigenvalue weighted by Gasteiger charge is 2.19. The van der Waals surface area contributed by atoms with E-state index in [1.54, 1.807) is 18.5 Å². The smallest absolute Gasteiger partial charge is 0.236 e. The molecule has 3 heterocycles. The first-order chi connectivity index (χ1) is 16.1. The van der Waals surface area contributed by atoms with Gasteiger partial charge in [-0.2, -0.15) is 0 Å². The molecule has 0 unspecified atom stereocenters. The number of hydrogen-bond donors (Lipinski definition) is 1. The van der Waals surface area contributed by atoms with E-state index in [0.29, 0.717) is 26.3 Å². The number of carbonyl (C=O) groups is 1. The van der Waals surface area contributed by atoms with Crippen molar-refractivity contribution in [2.24, 2.45) is 0 Å². The average Bonchev–Trinajstić information content (AvgIpc) is 3.42. The number of thiazole rings is 1. The number of hydrogen-bond acceptors (Lipinski definition) is 7. The molecule has 7 nitrogen and oxygen atoms in total. The quantitative estimate of drug-likeness (QED) is 0.343. The average molecular weight is 477 g/mol. The minimum Gasteiger partial charge on any atom is -0.301 e. The molecule has 0 saturated carbocycles. The van der Waals surface area contributed by atoms with Crippen molar-refractivity contribution in [3.63, 3.8) is 0 Å². The monoisotopic (exact) mass is 476 g/mol. The fourth-order valence-electron chi connectivity index (χ4n) is 3.31. The van der Waals surface area contributed by atoms with E-state index in [9.17, 15) is 9.18 Å². The molecule has 5 aromatic rings. The third-order valence-electron chi connectivity index (χ3n) is 4.84. The molecule has 0 atom stereocenters. The Labute approximate surface area is 196 Å². The zero-order valence-corrected chi connectivity index (χ0v) is 19.0. The third-order valence-corrected chi connectivity index (χ3v) is 6.70. The van der Waals surface area contributed by atoms with E-state index in [1.165, 1.54) is 35.2 Å². The summed E-state index contributed by atoms with van der Waals surface area (Å²) in [6.07, 6.45) is 3.43. The van der Waals surface area contributed by atoms with Crippen LogP contribution in [-0.4, -0.2) is 36.4 Å². The number of aromatic nitrogens is 5. The van der Waals surface area contributed by atoms with E-state index in [1.807, 2.05) is 47.9 Å². The molecule has 0 spiro atoms. The summed E-state index contributed by atoms with van der Waals surface area (Å²) in [4.78, 5) is 21.1. The van der Waals surface area contributed by atoms with Crippen LogP contribution in [0.4, 0.5) is 9.52 Å². The Bertz CT molecular complexity index is 1450. The minimum absolute atomic E-state index is 0.112. The Kier molecular flexibility index (Phi) is 5.84. The largest absolute Gasteiger partial charge is 0.301 e. The molecule has 1 N–H and O–H groups in total. The molecule has 3 aromatic heterocycles. The first-order valence-corrected chi connectivity index (χ1v) is 11.8. The SMILES string of the molecule is Cc1ccccc1-n1c(SCC(=O)Nc2nc3ccc(F)cc3s2)nnc1-c1cccnc1. The van der Waals surface area contributed by atoms with Crippen molar-refractivity contribution in [3.8, 4) is 17.1 Å². The zero-order chi connectivity index (χ0) is 22.8. The molecule has 0 radical (unpaired) electrons. The van der Waals surface area contributed by atoms with Crippen LogP contribution in [0.15, 0.2) is 72.1 Å². The predicted molar refractivity (Wildman–Crippen MR) is 128 cm³/mol. The van der Waals surface area contributed by atoms with Crippen molar-refractivity contribution < 1.29 is 9.18 Å². The number of halogens is 1. The van der Waals surface area contributed by atoms with Gasteiger partial charge in [0.25, 0.3) is 0 Å². The first-order valence-electron chi connectivity index (χ1n) is 9.99. The molecule has 2 aromatic carbocycles. The molecule has 0 saturated heterocycles. The number of nitrogens with one attached hydrogen (secondary N) is 1. The summed E-state index contributed by atoms with van der Waals surface area (Å²) >= 11 is 2.51. The zero-order valence-electron chi connectivity index (χ0n) is 17.4. The highest BCUT2D eigenvalue weighted by Crippen LogP contribution is 2.30. The predicted octanol–water partition coefficient (Wildman–Crippen LogP) is 5.12. The van der Waals surface area contributed by atoms with Crippen LogP contribution in [0.1, 0.15) is 5.56 Å². The topological polar surface area (TPSA) is 85.6 Å². The maximum Gasteiger partial charge on any atom is 0.236 e. The van der Waals surface area contributed by atoms with Crippen LogP contribution >= 0.6 is 23.1 Å². The summed E-state index contributed by atoms with van der Waals surface area (Å²) < 4.78 is 16.0. The number of aryl methyl sites for hydroxylation is 1. The van der Waals surface area contributed by atoms with Gasteiger partial charge < -0.3 is 5.32 Å². The van der Waals surface area contributed by atoms with Crippen LogP contribution < -0.4 is 5.32 Å². The number of pyridine rings is 1. The number of amides is 1. The molecular formula is C23H17FN6OS2. The summed E-state index contributed by atoms with van der Waals surface area (Å²) in [5.74, 6) is 0.191. The second-order valence-electron chi connectivity index (χ2n) is 7.14. The molecule has 164 valence electrons. The Hall–Kier alpha value is -3.63. The van der Waals surface area contributed by atoms with Crippen LogP contribution in [0.25, 0.3) is 27.3 Å². The number of fused-ring (bicyclic) bond motifs is 1. The van der Waals surface area contributed by atoms with Gasteiger partial charge in [0.15, 0.2) is 16.1 Å². The number of rotatable bonds is 6. The Morgan fingerprint density at radius 1 is 1.15 bits per heavy atom. The van der Waals surface area contributed by atoms with Gasteiger partial charge in [-0.25, -0.2) is 9.37 Å². The van der Waals surface area contributed by atoms with E-state index in [2.05, 4.69) is 25.5 Å². The van der Waals surface area contributed by atoms with Gasteiger partial charge in [-0.05, 0) is 48.9 Å². The first kappa shape index (κ1) is 21.2. The highest BCUT2D eigenvalue weighted by molar-refractivity contribution is 7.99. The van der Waals surface area contributed by atoms with Gasteiger partial charge in [0.1, 0.15) is 5.82 Å². The number of anilines is 1. The van der Waals surface area contributed by atoms with Crippen LogP contribution in [0.2, 0.25) is 0 Å². The lowest BCUT2D eigenvalue weighted by Gasteiger charge is -2.12. The number of para-hydroxylation sites is 1. The van der Waals surface area contributed by atoms with Crippen molar-refractivity contribution in [3.05, 3.63) is 78.4 Å². The Morgan fingerprint density at radius 2 is 2.03 bits per heavy atom. The van der Waals surface area contributed by atoms with E-state index >= 15 is 0 Å². The van der Waals surface area contributed by atoms with Crippen LogP contribution in [0, 0.1) is 12.7 Å². The number of carbonyl (C=O) groups excluding carboxylic acids is 1. The van der Waals surface area contributed by atoms with Gasteiger partial charge in [0.2, 0.25) is 5.91 Å². The maximum absolute atomic E-state index is 13.4. The van der Waals surface area contributed by atoms with Crippen molar-refractivity contribution in [2.45, 2.75) is 12.1 Å². The second kappa shape index (κ2) is 9.08. The van der Waals surface area contributed by atoms with Gasteiger partial charge in [-0.1, -0.05) is 41.3 Å². The summed E-state index contributed by atoms with van der Waals surface area (Å²) in [6.45, 7) is 2.01. The van der Waals surface area contributed by atoms with Crippen molar-refractivity contribution in [1.82, 2.24) is 24.7 Å². The van der Waals surface area contributed by atoms with E-state index < -0.39 is 0 Å². The number of nitrogens with zero attached hydrogens (tertiary/aromatic N) is 5. The minimum atomic E-state index is -0.334. The molecule has 0 aliphatic heterocycles. The summed E-state index contributed by atoms with van der Waals surface area (Å²) in [5, 5.41) is 12.5. The van der Waals surface area contributed by atoms with E-state index in [-0.39, 0.29) is 17.5 Å². The van der Waals surface area contributed by atoms with Gasteiger partial charge in [0.05, 0.1) is 21.7 Å². The molecule has 1 amide bonds. The van der Waals surface area contributed by atoms with Crippen LogP contribution in [0.5, 0.6) is 0 Å². The molecule has 10 heteroatoms. The van der Waals surface area contributed by atoms with Gasteiger partial charge in [-0.15, -0.1) is 10.2 Å². The van der Waals surface area contributed by atoms with E-state index in [0.717, 1.165) is 16.8 Å². The number of thioether (sulfide) groups is 1. The normalized spacial score (nSPS) is 11.1. The molecule has 0 aliphatic rings. The fraction of sp³-hybridized carbons (Fsp3) is 0.0870. The molecule has 5 rings (SSSR count). The van der Waals surface area contributed by atoms with Crippen LogP contribution in [-0.2, 0) is 4.79 Å². The van der Waals surface area contributed by atoms with E-state index in [4.69, 9.17) is 0 Å². The molecule has 0 bridgehead atoms. The maximum atomic E-state index is 13.4. The molecule has 0 aliphatic carbocycles.